The highest BCUT2D eigenvalue weighted by Crippen LogP contribution is 2.27. The van der Waals surface area contributed by atoms with Crippen LogP contribution in [0.2, 0.25) is 0 Å². The van der Waals surface area contributed by atoms with Crippen molar-refractivity contribution in [2.45, 2.75) is 26.9 Å². The fraction of sp³-hybridized carbons (Fsp3) is 0.286. The molecule has 0 saturated heterocycles. The molecule has 20 heavy (non-hydrogen) atoms. The molecule has 1 amide bonds. The highest BCUT2D eigenvalue weighted by atomic mass is 16.5. The van der Waals surface area contributed by atoms with Crippen molar-refractivity contribution in [3.63, 3.8) is 0 Å². The van der Waals surface area contributed by atoms with E-state index >= 15 is 0 Å². The molecule has 0 fully saturated rings. The van der Waals surface area contributed by atoms with Crippen LogP contribution in [0.3, 0.4) is 0 Å². The Bertz CT molecular complexity index is 619. The van der Waals surface area contributed by atoms with E-state index in [-0.39, 0.29) is 12.0 Å². The van der Waals surface area contributed by atoms with Crippen molar-refractivity contribution in [3.05, 3.63) is 35.5 Å². The number of benzene rings is 1. The van der Waals surface area contributed by atoms with E-state index in [1.165, 1.54) is 0 Å². The number of amides is 1. The van der Waals surface area contributed by atoms with E-state index in [0.29, 0.717) is 17.0 Å². The summed E-state index contributed by atoms with van der Waals surface area (Å²) in [7, 11) is 0. The van der Waals surface area contributed by atoms with Crippen molar-refractivity contribution in [2.75, 3.05) is 0 Å². The van der Waals surface area contributed by atoms with Gasteiger partial charge in [0.2, 0.25) is 0 Å². The molecule has 0 saturated carbocycles. The van der Waals surface area contributed by atoms with Gasteiger partial charge in [-0.15, -0.1) is 0 Å². The molecule has 1 heterocycles. The van der Waals surface area contributed by atoms with Crippen LogP contribution in [0.25, 0.3) is 11.3 Å². The van der Waals surface area contributed by atoms with E-state index in [4.69, 9.17) is 10.6 Å². The SMILES string of the molecule is Cc1[nH]nc(-c2cccc(OC(C)C)c2)c1C(=O)NN. The number of carbonyl (C=O) groups is 1. The average molecular weight is 274 g/mol. The van der Waals surface area contributed by atoms with Crippen LogP contribution in [0, 0.1) is 6.92 Å². The molecule has 6 heteroatoms. The molecular weight excluding hydrogens is 256 g/mol. The predicted molar refractivity (Wildman–Crippen MR) is 76.2 cm³/mol. The Morgan fingerprint density at radius 2 is 2.20 bits per heavy atom. The number of rotatable bonds is 4. The highest BCUT2D eigenvalue weighted by Gasteiger charge is 2.18. The topological polar surface area (TPSA) is 93.0 Å². The summed E-state index contributed by atoms with van der Waals surface area (Å²) < 4.78 is 5.65. The van der Waals surface area contributed by atoms with Crippen LogP contribution < -0.4 is 16.0 Å². The standard InChI is InChI=1S/C14H18N4O2/c1-8(2)20-11-6-4-5-10(7-11)13-12(14(19)16-15)9(3)17-18-13/h4-8H,15H2,1-3H3,(H,16,19)(H,17,18). The van der Waals surface area contributed by atoms with Crippen LogP contribution in [0.15, 0.2) is 24.3 Å². The summed E-state index contributed by atoms with van der Waals surface area (Å²) in [6.45, 7) is 5.69. The molecular formula is C14H18N4O2. The van der Waals surface area contributed by atoms with E-state index in [1.54, 1.807) is 6.92 Å². The summed E-state index contributed by atoms with van der Waals surface area (Å²) in [5.41, 5.74) is 4.59. The molecule has 0 aliphatic rings. The Morgan fingerprint density at radius 1 is 1.45 bits per heavy atom. The van der Waals surface area contributed by atoms with Gasteiger partial charge in [0.25, 0.3) is 5.91 Å². The zero-order valence-electron chi connectivity index (χ0n) is 11.7. The van der Waals surface area contributed by atoms with E-state index in [1.807, 2.05) is 38.1 Å². The number of H-pyrrole nitrogens is 1. The molecule has 1 aromatic carbocycles. The highest BCUT2D eigenvalue weighted by molar-refractivity contribution is 6.00. The lowest BCUT2D eigenvalue weighted by Gasteiger charge is -2.10. The molecule has 0 spiro atoms. The molecule has 6 nitrogen and oxygen atoms in total. The molecule has 2 aromatic rings. The molecule has 0 atom stereocenters. The fourth-order valence-electron chi connectivity index (χ4n) is 1.98. The first-order valence-corrected chi connectivity index (χ1v) is 6.36. The van der Waals surface area contributed by atoms with Crippen molar-refractivity contribution in [1.29, 1.82) is 0 Å². The number of aromatic nitrogens is 2. The van der Waals surface area contributed by atoms with E-state index < -0.39 is 0 Å². The first kappa shape index (κ1) is 14.1. The second-order valence-corrected chi connectivity index (χ2v) is 4.74. The molecule has 2 rings (SSSR count). The van der Waals surface area contributed by atoms with Crippen molar-refractivity contribution < 1.29 is 9.53 Å². The summed E-state index contributed by atoms with van der Waals surface area (Å²) in [5.74, 6) is 5.57. The first-order valence-electron chi connectivity index (χ1n) is 6.36. The summed E-state index contributed by atoms with van der Waals surface area (Å²) >= 11 is 0. The van der Waals surface area contributed by atoms with Gasteiger partial charge in [-0.1, -0.05) is 12.1 Å². The molecule has 106 valence electrons. The third-order valence-electron chi connectivity index (χ3n) is 2.78. The molecule has 4 N–H and O–H groups in total. The Kier molecular flexibility index (Phi) is 4.05. The lowest BCUT2D eigenvalue weighted by Crippen LogP contribution is -2.30. The maximum absolute atomic E-state index is 11.8. The van der Waals surface area contributed by atoms with Gasteiger partial charge in [0, 0.05) is 11.3 Å². The number of aryl methyl sites for hydroxylation is 1. The van der Waals surface area contributed by atoms with Crippen LogP contribution in [-0.2, 0) is 0 Å². The molecule has 0 bridgehead atoms. The van der Waals surface area contributed by atoms with Crippen LogP contribution >= 0.6 is 0 Å². The summed E-state index contributed by atoms with van der Waals surface area (Å²) in [4.78, 5) is 11.8. The minimum Gasteiger partial charge on any atom is -0.491 e. The molecule has 0 aliphatic carbocycles. The number of hydrazine groups is 1. The van der Waals surface area contributed by atoms with Gasteiger partial charge in [-0.05, 0) is 32.9 Å². The Morgan fingerprint density at radius 3 is 2.85 bits per heavy atom. The van der Waals surface area contributed by atoms with Gasteiger partial charge in [-0.25, -0.2) is 5.84 Å². The zero-order valence-corrected chi connectivity index (χ0v) is 11.7. The number of nitrogens with two attached hydrogens (primary N) is 1. The monoisotopic (exact) mass is 274 g/mol. The number of ether oxygens (including phenoxy) is 1. The summed E-state index contributed by atoms with van der Waals surface area (Å²) in [5, 5.41) is 6.98. The lowest BCUT2D eigenvalue weighted by molar-refractivity contribution is 0.0953. The maximum Gasteiger partial charge on any atom is 0.269 e. The molecule has 0 unspecified atom stereocenters. The number of aromatic amines is 1. The van der Waals surface area contributed by atoms with E-state index in [9.17, 15) is 4.79 Å². The second-order valence-electron chi connectivity index (χ2n) is 4.74. The summed E-state index contributed by atoms with van der Waals surface area (Å²) in [6.07, 6.45) is 0.0815. The van der Waals surface area contributed by atoms with Gasteiger partial charge in [0.05, 0.1) is 11.7 Å². The van der Waals surface area contributed by atoms with Crippen molar-refractivity contribution in [3.8, 4) is 17.0 Å². The minimum atomic E-state index is -0.374. The number of hydrogen-bond acceptors (Lipinski definition) is 4. The lowest BCUT2D eigenvalue weighted by atomic mass is 10.1. The van der Waals surface area contributed by atoms with Crippen molar-refractivity contribution in [2.24, 2.45) is 5.84 Å². The van der Waals surface area contributed by atoms with Crippen molar-refractivity contribution >= 4 is 5.91 Å². The van der Waals surface area contributed by atoms with Gasteiger partial charge in [0.1, 0.15) is 11.4 Å². The van der Waals surface area contributed by atoms with Gasteiger partial charge >= 0.3 is 0 Å². The van der Waals surface area contributed by atoms with Crippen LogP contribution in [-0.4, -0.2) is 22.2 Å². The van der Waals surface area contributed by atoms with Crippen LogP contribution in [0.5, 0.6) is 5.75 Å². The van der Waals surface area contributed by atoms with Crippen LogP contribution in [0.1, 0.15) is 29.9 Å². The quantitative estimate of drug-likeness (QED) is 0.450. The Labute approximate surface area is 117 Å². The van der Waals surface area contributed by atoms with Gasteiger partial charge in [0.15, 0.2) is 0 Å². The number of carbonyl (C=O) groups excluding carboxylic acids is 1. The maximum atomic E-state index is 11.8. The smallest absolute Gasteiger partial charge is 0.269 e. The largest absolute Gasteiger partial charge is 0.491 e. The molecule has 0 radical (unpaired) electrons. The predicted octanol–water partition coefficient (Wildman–Crippen LogP) is 1.78. The average Bonchev–Trinajstić information content (AvgIpc) is 2.79. The third-order valence-corrected chi connectivity index (χ3v) is 2.78. The number of nitrogens with one attached hydrogen (secondary N) is 2. The van der Waals surface area contributed by atoms with Gasteiger partial charge in [-0.3, -0.25) is 15.3 Å². The second kappa shape index (κ2) is 5.75. The Balaban J connectivity index is 2.44. The minimum absolute atomic E-state index is 0.0815. The Hall–Kier alpha value is -2.34. The van der Waals surface area contributed by atoms with Crippen molar-refractivity contribution in [1.82, 2.24) is 15.6 Å². The number of nitrogens with zero attached hydrogens (tertiary/aromatic N) is 1. The van der Waals surface area contributed by atoms with Gasteiger partial charge < -0.3 is 4.74 Å². The summed E-state index contributed by atoms with van der Waals surface area (Å²) in [6, 6.07) is 7.45. The van der Waals surface area contributed by atoms with Gasteiger partial charge in [-0.2, -0.15) is 5.10 Å². The third kappa shape index (κ3) is 2.80. The van der Waals surface area contributed by atoms with E-state index in [2.05, 4.69) is 15.6 Å². The first-order chi connectivity index (χ1) is 9.52. The van der Waals surface area contributed by atoms with E-state index in [0.717, 1.165) is 11.3 Å². The van der Waals surface area contributed by atoms with Crippen LogP contribution in [0.4, 0.5) is 0 Å². The molecule has 1 aromatic heterocycles. The fourth-order valence-corrected chi connectivity index (χ4v) is 1.98. The molecule has 0 aliphatic heterocycles. The normalized spacial score (nSPS) is 10.7. The number of hydrogen-bond donors (Lipinski definition) is 3. The zero-order chi connectivity index (χ0) is 14.7. The number of nitrogen functional groups attached to an aromatic ring is 1.